The second-order valence-corrected chi connectivity index (χ2v) is 3.87. The predicted molar refractivity (Wildman–Crippen MR) is 71.5 cm³/mol. The van der Waals surface area contributed by atoms with Gasteiger partial charge in [-0.25, -0.2) is 4.79 Å². The van der Waals surface area contributed by atoms with E-state index >= 15 is 0 Å². The summed E-state index contributed by atoms with van der Waals surface area (Å²) in [4.78, 5) is 34.9. The average molecular weight is 280 g/mol. The third kappa shape index (κ3) is 4.97. The van der Waals surface area contributed by atoms with Gasteiger partial charge >= 0.3 is 18.0 Å². The Bertz CT molecular complexity index is 475. The highest BCUT2D eigenvalue weighted by Gasteiger charge is 2.17. The fourth-order valence-corrected chi connectivity index (χ4v) is 1.48. The molecule has 0 heterocycles. The van der Waals surface area contributed by atoms with Gasteiger partial charge in [-0.1, -0.05) is 18.2 Å². The fourth-order valence-electron chi connectivity index (χ4n) is 1.48. The smallest absolute Gasteiger partial charge is 0.325 e. The van der Waals surface area contributed by atoms with Crippen LogP contribution in [0.25, 0.3) is 0 Å². The minimum absolute atomic E-state index is 0.00630. The van der Waals surface area contributed by atoms with Gasteiger partial charge in [0.25, 0.3) is 0 Å². The van der Waals surface area contributed by atoms with E-state index in [-0.39, 0.29) is 19.5 Å². The van der Waals surface area contributed by atoms with Gasteiger partial charge in [-0.2, -0.15) is 0 Å². The van der Waals surface area contributed by atoms with Gasteiger partial charge in [0, 0.05) is 12.2 Å². The van der Waals surface area contributed by atoms with Crippen LogP contribution in [0.15, 0.2) is 30.3 Å². The molecule has 0 unspecified atom stereocenters. The number of hydrogen-bond acceptors (Lipinski definition) is 4. The standard InChI is InChI=1S/C13H16N2O5/c1-20-12(18)9-14-13(19)15(8-7-11(16)17)10-5-3-2-4-6-10/h2-6H,7-9H2,1H3,(H,14,19)(H,16,17). The highest BCUT2D eigenvalue weighted by Crippen LogP contribution is 2.13. The summed E-state index contributed by atoms with van der Waals surface area (Å²) in [6, 6.07) is 8.06. The number of carbonyl (C=O) groups is 3. The summed E-state index contributed by atoms with van der Waals surface area (Å²) in [7, 11) is 1.22. The van der Waals surface area contributed by atoms with Gasteiger partial charge in [0.05, 0.1) is 13.5 Å². The number of esters is 1. The highest BCUT2D eigenvalue weighted by atomic mass is 16.5. The third-order valence-corrected chi connectivity index (χ3v) is 2.47. The summed E-state index contributed by atoms with van der Waals surface area (Å²) in [5.41, 5.74) is 0.552. The molecule has 0 aliphatic heterocycles. The van der Waals surface area contributed by atoms with E-state index in [1.807, 2.05) is 0 Å². The molecule has 2 N–H and O–H groups in total. The number of ether oxygens (including phenoxy) is 1. The minimum atomic E-state index is -1.01. The molecule has 1 aromatic carbocycles. The van der Waals surface area contributed by atoms with Crippen molar-refractivity contribution in [2.24, 2.45) is 0 Å². The number of methoxy groups -OCH3 is 1. The van der Waals surface area contributed by atoms with Crippen LogP contribution in [0.1, 0.15) is 6.42 Å². The first-order valence-electron chi connectivity index (χ1n) is 5.93. The summed E-state index contributed by atoms with van der Waals surface area (Å²) in [5, 5.41) is 11.1. The lowest BCUT2D eigenvalue weighted by atomic mass is 10.3. The molecule has 0 spiro atoms. The lowest BCUT2D eigenvalue weighted by molar-refractivity contribution is -0.139. The van der Waals surface area contributed by atoms with Crippen LogP contribution in [-0.2, 0) is 14.3 Å². The van der Waals surface area contributed by atoms with Crippen LogP contribution in [0.2, 0.25) is 0 Å². The second kappa shape index (κ2) is 7.78. The van der Waals surface area contributed by atoms with E-state index in [0.717, 1.165) is 0 Å². The monoisotopic (exact) mass is 280 g/mol. The number of aliphatic carboxylic acids is 1. The Balaban J connectivity index is 2.74. The van der Waals surface area contributed by atoms with Crippen molar-refractivity contribution in [2.45, 2.75) is 6.42 Å². The first-order chi connectivity index (χ1) is 9.54. The molecule has 0 aliphatic rings. The maximum Gasteiger partial charge on any atom is 0.325 e. The number of anilines is 1. The van der Waals surface area contributed by atoms with E-state index in [1.165, 1.54) is 12.0 Å². The molecular formula is C13H16N2O5. The lowest BCUT2D eigenvalue weighted by Crippen LogP contribution is -2.43. The Morgan fingerprint density at radius 2 is 1.90 bits per heavy atom. The van der Waals surface area contributed by atoms with E-state index in [9.17, 15) is 14.4 Å². The van der Waals surface area contributed by atoms with Crippen LogP contribution >= 0.6 is 0 Å². The molecule has 0 aromatic heterocycles. The first kappa shape index (κ1) is 15.5. The molecule has 0 saturated heterocycles. The van der Waals surface area contributed by atoms with E-state index < -0.39 is 18.0 Å². The Morgan fingerprint density at radius 3 is 2.45 bits per heavy atom. The summed E-state index contributed by atoms with van der Waals surface area (Å²) in [6.07, 6.45) is -0.194. The number of urea groups is 1. The zero-order valence-corrected chi connectivity index (χ0v) is 11.0. The van der Waals surface area contributed by atoms with E-state index in [1.54, 1.807) is 30.3 Å². The van der Waals surface area contributed by atoms with Crippen molar-refractivity contribution >= 4 is 23.7 Å². The number of nitrogens with one attached hydrogen (secondary N) is 1. The zero-order chi connectivity index (χ0) is 15.0. The quantitative estimate of drug-likeness (QED) is 0.753. The minimum Gasteiger partial charge on any atom is -0.481 e. The van der Waals surface area contributed by atoms with Crippen LogP contribution in [0.4, 0.5) is 10.5 Å². The van der Waals surface area contributed by atoms with Crippen LogP contribution in [-0.4, -0.2) is 43.3 Å². The summed E-state index contributed by atoms with van der Waals surface area (Å²) < 4.78 is 4.42. The maximum atomic E-state index is 12.0. The summed E-state index contributed by atoms with van der Waals surface area (Å²) in [6.45, 7) is -0.266. The van der Waals surface area contributed by atoms with Gasteiger partial charge in [-0.05, 0) is 12.1 Å². The molecule has 0 bridgehead atoms. The zero-order valence-electron chi connectivity index (χ0n) is 11.0. The van der Waals surface area contributed by atoms with Crippen LogP contribution in [0.5, 0.6) is 0 Å². The Labute approximate surface area is 116 Å². The Kier molecular flexibility index (Phi) is 6.02. The van der Waals surface area contributed by atoms with Crippen molar-refractivity contribution < 1.29 is 24.2 Å². The summed E-state index contributed by atoms with van der Waals surface area (Å²) in [5.74, 6) is -1.59. The molecule has 7 heteroatoms. The van der Waals surface area contributed by atoms with Crippen LogP contribution in [0.3, 0.4) is 0 Å². The molecule has 0 saturated carbocycles. The number of rotatable bonds is 6. The van der Waals surface area contributed by atoms with Gasteiger partial charge in [0.2, 0.25) is 0 Å². The number of nitrogens with zero attached hydrogens (tertiary/aromatic N) is 1. The first-order valence-corrected chi connectivity index (χ1v) is 5.93. The van der Waals surface area contributed by atoms with Crippen molar-refractivity contribution in [2.75, 3.05) is 25.1 Å². The number of carbonyl (C=O) groups excluding carboxylic acids is 2. The summed E-state index contributed by atoms with van der Waals surface area (Å²) >= 11 is 0. The van der Waals surface area contributed by atoms with Gasteiger partial charge in [-0.3, -0.25) is 14.5 Å². The molecule has 0 radical (unpaired) electrons. The van der Waals surface area contributed by atoms with Crippen molar-refractivity contribution in [3.8, 4) is 0 Å². The van der Waals surface area contributed by atoms with Crippen LogP contribution in [0, 0.1) is 0 Å². The largest absolute Gasteiger partial charge is 0.481 e. The third-order valence-electron chi connectivity index (χ3n) is 2.47. The maximum absolute atomic E-state index is 12.0. The molecule has 2 amide bonds. The molecule has 1 aromatic rings. The predicted octanol–water partition coefficient (Wildman–Crippen LogP) is 0.850. The molecule has 0 fully saturated rings. The number of amides is 2. The van der Waals surface area contributed by atoms with E-state index in [2.05, 4.69) is 10.1 Å². The number of carboxylic acids is 1. The lowest BCUT2D eigenvalue weighted by Gasteiger charge is -2.22. The highest BCUT2D eigenvalue weighted by molar-refractivity contribution is 5.94. The van der Waals surface area contributed by atoms with Gasteiger partial charge < -0.3 is 15.2 Å². The Hall–Kier alpha value is -2.57. The molecule has 0 atom stereocenters. The molecule has 0 aliphatic carbocycles. The van der Waals surface area contributed by atoms with Crippen molar-refractivity contribution in [1.82, 2.24) is 5.32 Å². The average Bonchev–Trinajstić information content (AvgIpc) is 2.45. The van der Waals surface area contributed by atoms with E-state index in [4.69, 9.17) is 5.11 Å². The normalized spacial score (nSPS) is 9.65. The topological polar surface area (TPSA) is 95.9 Å². The Morgan fingerprint density at radius 1 is 1.25 bits per heavy atom. The molecule has 7 nitrogen and oxygen atoms in total. The number of para-hydroxylation sites is 1. The van der Waals surface area contributed by atoms with Crippen LogP contribution < -0.4 is 10.2 Å². The number of hydrogen-bond donors (Lipinski definition) is 2. The van der Waals surface area contributed by atoms with Gasteiger partial charge in [0.1, 0.15) is 6.54 Å². The molecule has 108 valence electrons. The fraction of sp³-hybridized carbons (Fsp3) is 0.308. The van der Waals surface area contributed by atoms with Gasteiger partial charge in [-0.15, -0.1) is 0 Å². The van der Waals surface area contributed by atoms with Crippen molar-refractivity contribution in [3.05, 3.63) is 30.3 Å². The van der Waals surface area contributed by atoms with Gasteiger partial charge in [0.15, 0.2) is 0 Å². The second-order valence-electron chi connectivity index (χ2n) is 3.87. The van der Waals surface area contributed by atoms with E-state index in [0.29, 0.717) is 5.69 Å². The van der Waals surface area contributed by atoms with Crippen molar-refractivity contribution in [1.29, 1.82) is 0 Å². The SMILES string of the molecule is COC(=O)CNC(=O)N(CCC(=O)O)c1ccccc1. The molecular weight excluding hydrogens is 264 g/mol. The number of carboxylic acid groups (broad SMARTS) is 1. The molecule has 20 heavy (non-hydrogen) atoms. The molecule has 1 rings (SSSR count). The number of benzene rings is 1. The van der Waals surface area contributed by atoms with Crippen molar-refractivity contribution in [3.63, 3.8) is 0 Å².